The first kappa shape index (κ1) is 66.6. The number of carboxylic acid groups (broad SMARTS) is 1. The van der Waals surface area contributed by atoms with Gasteiger partial charge in [-0.2, -0.15) is 11.8 Å². The molecule has 0 aliphatic carbocycles. The van der Waals surface area contributed by atoms with Crippen LogP contribution >= 0.6 is 11.8 Å². The lowest BCUT2D eigenvalue weighted by atomic mass is 9.96. The lowest BCUT2D eigenvalue weighted by molar-refractivity contribution is -0.142. The highest BCUT2D eigenvalue weighted by Gasteiger charge is 2.35. The van der Waals surface area contributed by atoms with Gasteiger partial charge in [0.05, 0.1) is 25.5 Å². The molecule has 2 rings (SSSR count). The van der Waals surface area contributed by atoms with Crippen molar-refractivity contribution in [3.63, 3.8) is 0 Å². The zero-order valence-electron chi connectivity index (χ0n) is 44.9. The lowest BCUT2D eigenvalue weighted by Crippen LogP contribution is -2.61. The zero-order valence-corrected chi connectivity index (χ0v) is 45.7. The Bertz CT molecular complexity index is 2300. The molecule has 28 nitrogen and oxygen atoms in total. The number of nitrogens with one attached hydrogen (secondary N) is 9. The molecule has 78 heavy (non-hydrogen) atoms. The molecule has 0 spiro atoms. The van der Waals surface area contributed by atoms with Gasteiger partial charge in [0, 0.05) is 31.4 Å². The van der Waals surface area contributed by atoms with Crippen molar-refractivity contribution in [2.75, 3.05) is 38.2 Å². The Morgan fingerprint density at radius 1 is 0.667 bits per heavy atom. The van der Waals surface area contributed by atoms with Crippen LogP contribution in [-0.4, -0.2) is 172 Å². The first-order chi connectivity index (χ1) is 37.0. The summed E-state index contributed by atoms with van der Waals surface area (Å²) in [5, 5.41) is 40.4. The van der Waals surface area contributed by atoms with Gasteiger partial charge in [-0.15, -0.1) is 0 Å². The van der Waals surface area contributed by atoms with Gasteiger partial charge in [-0.3, -0.25) is 48.3 Å². The number of aromatic amines is 1. The summed E-state index contributed by atoms with van der Waals surface area (Å²) in [5.41, 5.74) is 29.1. The van der Waals surface area contributed by atoms with E-state index >= 15 is 0 Å². The van der Waals surface area contributed by atoms with Crippen LogP contribution in [-0.2, 0) is 56.0 Å². The van der Waals surface area contributed by atoms with E-state index in [1.165, 1.54) is 24.3 Å². The van der Waals surface area contributed by atoms with E-state index in [0.717, 1.165) is 5.56 Å². The predicted molar refractivity (Wildman–Crippen MR) is 293 cm³/mol. The molecule has 0 saturated carbocycles. The number of imidazole rings is 1. The van der Waals surface area contributed by atoms with Gasteiger partial charge in [0.15, 0.2) is 11.9 Å². The van der Waals surface area contributed by atoms with Crippen LogP contribution in [0.3, 0.4) is 0 Å². The number of guanidine groups is 2. The summed E-state index contributed by atoms with van der Waals surface area (Å²) >= 11 is 1.39. The number of aliphatic imine (C=N–C) groups is 2. The topological polar surface area (TPSA) is 474 Å². The number of aromatic nitrogens is 2. The number of aliphatic hydroxyl groups excluding tert-OH is 1. The Morgan fingerprint density at radius 2 is 1.21 bits per heavy atom. The molecule has 0 saturated heterocycles. The monoisotopic (exact) mass is 1120 g/mol. The Kier molecular flexibility index (Phi) is 30.5. The average Bonchev–Trinajstić information content (AvgIpc) is 3.91. The standard InChI is InChI=1S/C49H81N17O11S/c1-6-28(4)39(46(75)64-35(20-27(2)3)41(70)58-24-38(68)60-32(14-10-17-56-48(51)52)42(71)62-34(47(76)77)16-19-78-5)66-44(73)36(22-30-23-55-26-59-30)63-43(72)33(15-11-18-57-49(53)54)61-45(74)37(25-67)65-40(69)31(50)21-29-12-8-7-9-13-29/h7-9,12-13,23,26-28,31-37,39,67H,6,10-11,14-22,24-25,50H2,1-5H3,(H,55,59)(H,58,70)(H,60,68)(H,61,74)(H,62,71)(H,63,72)(H,64,75)(H,65,69)(H,66,73)(H,76,77)(H4,51,52,56)(H4,53,54,57)/t28-,31-,32-,33-,34-,35-,36-,37-,39-/m0/s1. The summed E-state index contributed by atoms with van der Waals surface area (Å²) in [4.78, 5) is 136. The van der Waals surface area contributed by atoms with Gasteiger partial charge < -0.3 is 86.4 Å². The molecule has 2 aromatic rings. The number of H-pyrrole nitrogens is 1. The number of hydrogen-bond acceptors (Lipinski definition) is 15. The molecule has 0 bridgehead atoms. The second-order valence-electron chi connectivity index (χ2n) is 18.9. The normalized spacial score (nSPS) is 14.5. The van der Waals surface area contributed by atoms with Crippen molar-refractivity contribution >= 4 is 76.9 Å². The highest BCUT2D eigenvalue weighted by atomic mass is 32.2. The average molecular weight is 1120 g/mol. The first-order valence-corrected chi connectivity index (χ1v) is 27.0. The third-order valence-corrected chi connectivity index (χ3v) is 12.7. The Hall–Kier alpha value is -7.53. The van der Waals surface area contributed by atoms with Gasteiger partial charge in [-0.05, 0) is 74.4 Å². The van der Waals surface area contributed by atoms with Gasteiger partial charge >= 0.3 is 5.97 Å². The fourth-order valence-electron chi connectivity index (χ4n) is 7.57. The SMILES string of the molecule is CC[C@H](C)[C@H](NC(=O)[C@H](Cc1cnc[nH]1)NC(=O)[C@H](CCCN=C(N)N)NC(=O)[C@H](CO)NC(=O)[C@@H](N)Cc1ccccc1)C(=O)N[C@@H](CC(C)C)C(=O)NCC(=O)N[C@@H](CCCN=C(N)N)C(=O)N[C@@H](CCSC)C(=O)O. The molecule has 0 unspecified atom stereocenters. The van der Waals surface area contributed by atoms with Crippen molar-refractivity contribution in [1.82, 2.24) is 52.5 Å². The molecule has 29 heteroatoms. The van der Waals surface area contributed by atoms with Crippen LogP contribution in [0.25, 0.3) is 0 Å². The van der Waals surface area contributed by atoms with Crippen molar-refractivity contribution < 1.29 is 53.4 Å². The van der Waals surface area contributed by atoms with Gasteiger partial charge in [-0.1, -0.05) is 64.4 Å². The third-order valence-electron chi connectivity index (χ3n) is 12.0. The number of hydrogen-bond donors (Lipinski definition) is 16. The Labute approximate surface area is 458 Å². The number of thioether (sulfide) groups is 1. The maximum atomic E-state index is 14.4. The highest BCUT2D eigenvalue weighted by molar-refractivity contribution is 7.98. The summed E-state index contributed by atoms with van der Waals surface area (Å²) in [6.07, 6.45) is 5.33. The van der Waals surface area contributed by atoms with E-state index < -0.39 is 121 Å². The first-order valence-electron chi connectivity index (χ1n) is 25.6. The number of rotatable bonds is 37. The number of carbonyl (C=O) groups is 9. The molecule has 1 aromatic carbocycles. The fraction of sp³-hybridized carbons (Fsp3) is 0.592. The number of carboxylic acids is 1. The third kappa shape index (κ3) is 25.5. The van der Waals surface area contributed by atoms with E-state index in [1.54, 1.807) is 64.3 Å². The highest BCUT2D eigenvalue weighted by Crippen LogP contribution is 2.13. The van der Waals surface area contributed by atoms with E-state index in [4.69, 9.17) is 28.7 Å². The van der Waals surface area contributed by atoms with Crippen LogP contribution < -0.4 is 71.2 Å². The summed E-state index contributed by atoms with van der Waals surface area (Å²) in [5.74, 6) is -8.48. The van der Waals surface area contributed by atoms with Gasteiger partial charge in [-0.25, -0.2) is 9.78 Å². The molecule has 9 atom stereocenters. The Balaban J connectivity index is 2.34. The lowest BCUT2D eigenvalue weighted by Gasteiger charge is -2.29. The molecule has 0 aliphatic heterocycles. The Morgan fingerprint density at radius 3 is 1.73 bits per heavy atom. The molecule has 0 aliphatic rings. The van der Waals surface area contributed by atoms with Crippen LogP contribution in [0.1, 0.15) is 83.9 Å². The quantitative estimate of drug-likeness (QED) is 0.0174. The minimum Gasteiger partial charge on any atom is -0.480 e. The van der Waals surface area contributed by atoms with Crippen LogP contribution in [0.15, 0.2) is 52.8 Å². The summed E-state index contributed by atoms with van der Waals surface area (Å²) in [6.45, 7) is 5.68. The molecule has 8 amide bonds. The molecule has 1 aromatic heterocycles. The minimum atomic E-state index is -1.54. The maximum Gasteiger partial charge on any atom is 0.326 e. The number of nitrogens with two attached hydrogens (primary N) is 5. The van der Waals surface area contributed by atoms with E-state index in [-0.39, 0.29) is 82.3 Å². The number of amides is 8. The molecular weight excluding hydrogens is 1030 g/mol. The largest absolute Gasteiger partial charge is 0.480 e. The molecule has 21 N–H and O–H groups in total. The second kappa shape index (κ2) is 35.7. The number of aliphatic hydroxyl groups is 1. The fourth-order valence-corrected chi connectivity index (χ4v) is 8.04. The van der Waals surface area contributed by atoms with Gasteiger partial charge in [0.1, 0.15) is 42.3 Å². The van der Waals surface area contributed by atoms with Crippen molar-refractivity contribution in [3.8, 4) is 0 Å². The summed E-state index contributed by atoms with van der Waals surface area (Å²) in [7, 11) is 0. The molecule has 434 valence electrons. The molecular formula is C49H81N17O11S. The van der Waals surface area contributed by atoms with Crippen LogP contribution in [0.5, 0.6) is 0 Å². The van der Waals surface area contributed by atoms with E-state index in [0.29, 0.717) is 17.9 Å². The maximum absolute atomic E-state index is 14.4. The predicted octanol–water partition coefficient (Wildman–Crippen LogP) is -3.94. The molecule has 0 fully saturated rings. The number of carbonyl (C=O) groups excluding carboxylic acids is 8. The van der Waals surface area contributed by atoms with E-state index in [1.807, 2.05) is 0 Å². The van der Waals surface area contributed by atoms with E-state index in [2.05, 4.69) is 62.5 Å². The van der Waals surface area contributed by atoms with Gasteiger partial charge in [0.25, 0.3) is 0 Å². The summed E-state index contributed by atoms with van der Waals surface area (Å²) < 4.78 is 0. The van der Waals surface area contributed by atoms with Crippen LogP contribution in [0.4, 0.5) is 0 Å². The minimum absolute atomic E-state index is 0.00822. The smallest absolute Gasteiger partial charge is 0.326 e. The van der Waals surface area contributed by atoms with E-state index in [9.17, 15) is 53.4 Å². The molecule has 1 heterocycles. The second-order valence-corrected chi connectivity index (χ2v) is 19.9. The van der Waals surface area contributed by atoms with Crippen molar-refractivity contribution in [2.24, 2.45) is 50.5 Å². The van der Waals surface area contributed by atoms with Crippen molar-refractivity contribution in [2.45, 2.75) is 134 Å². The van der Waals surface area contributed by atoms with Crippen molar-refractivity contribution in [3.05, 3.63) is 54.1 Å². The molecule has 0 radical (unpaired) electrons. The van der Waals surface area contributed by atoms with Crippen molar-refractivity contribution in [1.29, 1.82) is 0 Å². The van der Waals surface area contributed by atoms with Crippen LogP contribution in [0.2, 0.25) is 0 Å². The van der Waals surface area contributed by atoms with Gasteiger partial charge in [0.2, 0.25) is 47.3 Å². The number of benzene rings is 1. The van der Waals surface area contributed by atoms with Crippen LogP contribution in [0, 0.1) is 11.8 Å². The number of aliphatic carboxylic acids is 1. The zero-order chi connectivity index (χ0) is 58.3. The number of nitrogens with zero attached hydrogens (tertiary/aromatic N) is 3. The summed E-state index contributed by atoms with van der Waals surface area (Å²) in [6, 6.07) is -1.55.